The average molecular weight is 298 g/mol. The molecule has 3 rings (SSSR count). The summed E-state index contributed by atoms with van der Waals surface area (Å²) in [5.41, 5.74) is 2.75. The third-order valence-corrected chi connectivity index (χ3v) is 3.91. The lowest BCUT2D eigenvalue weighted by Crippen LogP contribution is -2.02. The number of hydrogen-bond acceptors (Lipinski definition) is 3. The molecule has 0 N–H and O–H groups in total. The number of aromatic nitrogens is 3. The van der Waals surface area contributed by atoms with Crippen LogP contribution in [-0.2, 0) is 0 Å². The Labute approximate surface area is 129 Å². The predicted octanol–water partition coefficient (Wildman–Crippen LogP) is 4.78. The van der Waals surface area contributed by atoms with Gasteiger partial charge in [-0.3, -0.25) is 4.98 Å². The SMILES string of the molecule is Cc1c(Cl)nc(C(C)C)nc1-c1cncc2ccccc12. The van der Waals surface area contributed by atoms with Gasteiger partial charge in [-0.25, -0.2) is 9.97 Å². The van der Waals surface area contributed by atoms with Crippen LogP contribution >= 0.6 is 11.6 Å². The molecule has 2 heterocycles. The van der Waals surface area contributed by atoms with Gasteiger partial charge in [-0.15, -0.1) is 0 Å². The first-order valence-corrected chi connectivity index (χ1v) is 7.33. The summed E-state index contributed by atoms with van der Waals surface area (Å²) >= 11 is 6.29. The van der Waals surface area contributed by atoms with Gasteiger partial charge in [-0.05, 0) is 12.3 Å². The minimum Gasteiger partial charge on any atom is -0.263 e. The standard InChI is InChI=1S/C17H16ClN3/c1-10(2)17-20-15(11(3)16(18)21-17)14-9-19-8-12-6-4-5-7-13(12)14/h4-10H,1-3H3. The van der Waals surface area contributed by atoms with Crippen LogP contribution in [0, 0.1) is 6.92 Å². The molecule has 0 aliphatic carbocycles. The van der Waals surface area contributed by atoms with Crippen molar-refractivity contribution in [1.29, 1.82) is 0 Å². The molecule has 0 amide bonds. The van der Waals surface area contributed by atoms with E-state index in [0.717, 1.165) is 33.4 Å². The number of rotatable bonds is 2. The van der Waals surface area contributed by atoms with Crippen molar-refractivity contribution in [1.82, 2.24) is 15.0 Å². The Morgan fingerprint density at radius 3 is 2.57 bits per heavy atom. The summed E-state index contributed by atoms with van der Waals surface area (Å²) in [7, 11) is 0. The Morgan fingerprint density at radius 1 is 1.05 bits per heavy atom. The van der Waals surface area contributed by atoms with Crippen LogP contribution in [0.3, 0.4) is 0 Å². The molecule has 0 aliphatic heterocycles. The lowest BCUT2D eigenvalue weighted by atomic mass is 10.0. The van der Waals surface area contributed by atoms with Gasteiger partial charge < -0.3 is 0 Å². The molecule has 0 unspecified atom stereocenters. The highest BCUT2D eigenvalue weighted by Gasteiger charge is 2.15. The summed E-state index contributed by atoms with van der Waals surface area (Å²) in [6.45, 7) is 6.07. The minimum absolute atomic E-state index is 0.227. The van der Waals surface area contributed by atoms with Crippen LogP contribution in [0.5, 0.6) is 0 Å². The van der Waals surface area contributed by atoms with Gasteiger partial charge in [-0.1, -0.05) is 49.7 Å². The number of fused-ring (bicyclic) bond motifs is 1. The molecule has 106 valence electrons. The van der Waals surface area contributed by atoms with Crippen molar-refractivity contribution >= 4 is 22.4 Å². The van der Waals surface area contributed by atoms with Gasteiger partial charge >= 0.3 is 0 Å². The highest BCUT2D eigenvalue weighted by atomic mass is 35.5. The molecule has 1 aromatic carbocycles. The first-order valence-electron chi connectivity index (χ1n) is 6.95. The van der Waals surface area contributed by atoms with Crippen LogP contribution in [0.4, 0.5) is 0 Å². The summed E-state index contributed by atoms with van der Waals surface area (Å²) in [5.74, 6) is 0.985. The van der Waals surface area contributed by atoms with Crippen molar-refractivity contribution in [2.75, 3.05) is 0 Å². The Bertz CT molecular complexity index is 807. The largest absolute Gasteiger partial charge is 0.263 e. The smallest absolute Gasteiger partial charge is 0.136 e. The van der Waals surface area contributed by atoms with Crippen molar-refractivity contribution < 1.29 is 0 Å². The summed E-state index contributed by atoms with van der Waals surface area (Å²) < 4.78 is 0. The molecule has 3 nitrogen and oxygen atoms in total. The van der Waals surface area contributed by atoms with E-state index < -0.39 is 0 Å². The second-order valence-electron chi connectivity index (χ2n) is 5.41. The van der Waals surface area contributed by atoms with E-state index in [4.69, 9.17) is 16.6 Å². The molecule has 0 fully saturated rings. The van der Waals surface area contributed by atoms with Crippen LogP contribution in [0.25, 0.3) is 22.0 Å². The van der Waals surface area contributed by atoms with Crippen molar-refractivity contribution in [2.24, 2.45) is 0 Å². The summed E-state index contributed by atoms with van der Waals surface area (Å²) in [6, 6.07) is 8.16. The Balaban J connectivity index is 2.32. The van der Waals surface area contributed by atoms with E-state index in [2.05, 4.69) is 29.9 Å². The van der Waals surface area contributed by atoms with Crippen LogP contribution < -0.4 is 0 Å². The van der Waals surface area contributed by atoms with E-state index in [9.17, 15) is 0 Å². The summed E-state index contributed by atoms with van der Waals surface area (Å²) in [6.07, 6.45) is 3.71. The van der Waals surface area contributed by atoms with Crippen LogP contribution in [0.2, 0.25) is 5.15 Å². The number of halogens is 1. The molecular weight excluding hydrogens is 282 g/mol. The lowest BCUT2D eigenvalue weighted by molar-refractivity contribution is 0.773. The Morgan fingerprint density at radius 2 is 1.81 bits per heavy atom. The Hall–Kier alpha value is -2.00. The van der Waals surface area contributed by atoms with E-state index in [0.29, 0.717) is 5.15 Å². The molecule has 2 aromatic heterocycles. The third kappa shape index (κ3) is 2.49. The summed E-state index contributed by atoms with van der Waals surface area (Å²) in [4.78, 5) is 13.4. The molecule has 21 heavy (non-hydrogen) atoms. The zero-order valence-electron chi connectivity index (χ0n) is 12.3. The van der Waals surface area contributed by atoms with Crippen LogP contribution in [0.15, 0.2) is 36.7 Å². The first-order chi connectivity index (χ1) is 10.1. The van der Waals surface area contributed by atoms with Gasteiger partial charge in [-0.2, -0.15) is 0 Å². The number of benzene rings is 1. The normalized spacial score (nSPS) is 11.3. The van der Waals surface area contributed by atoms with Gasteiger partial charge in [0.05, 0.1) is 5.69 Å². The third-order valence-electron chi connectivity index (χ3n) is 3.54. The maximum Gasteiger partial charge on any atom is 0.136 e. The number of nitrogens with zero attached hydrogens (tertiary/aromatic N) is 3. The van der Waals surface area contributed by atoms with Crippen molar-refractivity contribution in [3.05, 3.63) is 53.2 Å². The molecule has 3 aromatic rings. The minimum atomic E-state index is 0.227. The maximum absolute atomic E-state index is 6.29. The van der Waals surface area contributed by atoms with Crippen molar-refractivity contribution in [3.8, 4) is 11.3 Å². The topological polar surface area (TPSA) is 38.7 Å². The predicted molar refractivity (Wildman–Crippen MR) is 86.6 cm³/mol. The second-order valence-corrected chi connectivity index (χ2v) is 5.77. The molecule has 0 atom stereocenters. The summed E-state index contributed by atoms with van der Waals surface area (Å²) in [5, 5.41) is 2.73. The molecule has 0 saturated carbocycles. The van der Waals surface area contributed by atoms with E-state index in [1.165, 1.54) is 0 Å². The van der Waals surface area contributed by atoms with Crippen LogP contribution in [0.1, 0.15) is 31.2 Å². The second kappa shape index (κ2) is 5.41. The fourth-order valence-electron chi connectivity index (χ4n) is 2.33. The maximum atomic E-state index is 6.29. The lowest BCUT2D eigenvalue weighted by Gasteiger charge is -2.12. The van der Waals surface area contributed by atoms with Crippen molar-refractivity contribution in [2.45, 2.75) is 26.7 Å². The fraction of sp³-hybridized carbons (Fsp3) is 0.235. The monoisotopic (exact) mass is 297 g/mol. The molecule has 0 aliphatic rings. The molecule has 4 heteroatoms. The zero-order valence-corrected chi connectivity index (χ0v) is 13.0. The molecule has 0 saturated heterocycles. The highest BCUT2D eigenvalue weighted by Crippen LogP contribution is 2.31. The van der Waals surface area contributed by atoms with E-state index in [1.807, 2.05) is 37.5 Å². The van der Waals surface area contributed by atoms with Crippen LogP contribution in [-0.4, -0.2) is 15.0 Å². The van der Waals surface area contributed by atoms with Gasteiger partial charge in [0, 0.05) is 34.8 Å². The first kappa shape index (κ1) is 14.0. The van der Waals surface area contributed by atoms with E-state index >= 15 is 0 Å². The van der Waals surface area contributed by atoms with Gasteiger partial charge in [0.15, 0.2) is 0 Å². The van der Waals surface area contributed by atoms with E-state index in [-0.39, 0.29) is 5.92 Å². The average Bonchev–Trinajstić information content (AvgIpc) is 2.49. The highest BCUT2D eigenvalue weighted by molar-refractivity contribution is 6.30. The quantitative estimate of drug-likeness (QED) is 0.639. The number of pyridine rings is 1. The van der Waals surface area contributed by atoms with Crippen molar-refractivity contribution in [3.63, 3.8) is 0 Å². The van der Waals surface area contributed by atoms with Gasteiger partial charge in [0.1, 0.15) is 11.0 Å². The molecule has 0 radical (unpaired) electrons. The zero-order chi connectivity index (χ0) is 15.0. The Kier molecular flexibility index (Phi) is 3.60. The fourth-order valence-corrected chi connectivity index (χ4v) is 2.51. The van der Waals surface area contributed by atoms with E-state index in [1.54, 1.807) is 0 Å². The molecule has 0 bridgehead atoms. The molecular formula is C17H16ClN3. The van der Waals surface area contributed by atoms with Gasteiger partial charge in [0.25, 0.3) is 0 Å². The molecule has 0 spiro atoms. The number of hydrogen-bond donors (Lipinski definition) is 0. The van der Waals surface area contributed by atoms with Gasteiger partial charge in [0.2, 0.25) is 0 Å².